The number of halogens is 1. The molecule has 0 bridgehead atoms. The van der Waals surface area contributed by atoms with E-state index in [1.165, 1.54) is 12.1 Å². The molecule has 0 aliphatic carbocycles. The van der Waals surface area contributed by atoms with Gasteiger partial charge in [0, 0.05) is 6.54 Å². The molecule has 1 N–H and O–H groups in total. The molecule has 5 heteroatoms. The van der Waals surface area contributed by atoms with Crippen molar-refractivity contribution < 1.29 is 12.8 Å². The molecule has 21 heavy (non-hydrogen) atoms. The van der Waals surface area contributed by atoms with Crippen molar-refractivity contribution in [1.82, 2.24) is 4.72 Å². The third-order valence-electron chi connectivity index (χ3n) is 3.06. The highest BCUT2D eigenvalue weighted by atomic mass is 32.2. The quantitative estimate of drug-likeness (QED) is 0.922. The zero-order chi connectivity index (χ0) is 15.5. The van der Waals surface area contributed by atoms with Gasteiger partial charge in [-0.2, -0.15) is 0 Å². The maximum Gasteiger partial charge on any atom is 0.240 e. The predicted octanol–water partition coefficient (Wildman–Crippen LogP) is 3.13. The second-order valence-electron chi connectivity index (χ2n) is 4.75. The average molecular weight is 305 g/mol. The third-order valence-corrected chi connectivity index (χ3v) is 4.48. The van der Waals surface area contributed by atoms with Crippen LogP contribution in [-0.4, -0.2) is 15.0 Å². The van der Waals surface area contributed by atoms with E-state index >= 15 is 0 Å². The van der Waals surface area contributed by atoms with Crippen LogP contribution < -0.4 is 4.72 Å². The number of benzene rings is 2. The Balaban J connectivity index is 2.06. The number of sulfonamides is 1. The van der Waals surface area contributed by atoms with Gasteiger partial charge in [0.25, 0.3) is 0 Å². The number of aryl methyl sites for hydroxylation is 1. The summed E-state index contributed by atoms with van der Waals surface area (Å²) in [4.78, 5) is 0.208. The van der Waals surface area contributed by atoms with Crippen LogP contribution in [0.4, 0.5) is 4.39 Å². The van der Waals surface area contributed by atoms with E-state index in [1.807, 2.05) is 6.92 Å². The lowest BCUT2D eigenvalue weighted by Gasteiger charge is -2.09. The summed E-state index contributed by atoms with van der Waals surface area (Å²) in [5, 5.41) is 0. The van der Waals surface area contributed by atoms with E-state index in [1.54, 1.807) is 36.4 Å². The van der Waals surface area contributed by atoms with Crippen molar-refractivity contribution in [3.8, 4) is 0 Å². The fraction of sp³-hybridized carbons (Fsp3) is 0.125. The second kappa shape index (κ2) is 6.20. The Morgan fingerprint density at radius 1 is 1.10 bits per heavy atom. The van der Waals surface area contributed by atoms with Crippen LogP contribution in [0.1, 0.15) is 11.1 Å². The summed E-state index contributed by atoms with van der Waals surface area (Å²) in [6.07, 6.45) is 0. The minimum atomic E-state index is -3.57. The molecule has 0 saturated heterocycles. The van der Waals surface area contributed by atoms with E-state index in [0.29, 0.717) is 11.1 Å². The lowest BCUT2D eigenvalue weighted by Crippen LogP contribution is -2.25. The van der Waals surface area contributed by atoms with Crippen LogP contribution in [0.25, 0.3) is 5.57 Å². The molecule has 2 rings (SSSR count). The Bertz CT molecular complexity index is 735. The van der Waals surface area contributed by atoms with Crippen LogP contribution in [0.2, 0.25) is 0 Å². The van der Waals surface area contributed by atoms with Gasteiger partial charge in [-0.25, -0.2) is 17.5 Å². The van der Waals surface area contributed by atoms with E-state index in [-0.39, 0.29) is 17.3 Å². The number of hydrogen-bond acceptors (Lipinski definition) is 2. The maximum absolute atomic E-state index is 12.8. The first-order valence-electron chi connectivity index (χ1n) is 6.38. The largest absolute Gasteiger partial charge is 0.240 e. The summed E-state index contributed by atoms with van der Waals surface area (Å²) >= 11 is 0. The molecule has 2 aromatic rings. The maximum atomic E-state index is 12.8. The molecule has 0 amide bonds. The van der Waals surface area contributed by atoms with Gasteiger partial charge in [0.05, 0.1) is 4.90 Å². The number of hydrogen-bond donors (Lipinski definition) is 1. The molecule has 0 aromatic heterocycles. The van der Waals surface area contributed by atoms with Crippen molar-refractivity contribution in [3.05, 3.63) is 72.1 Å². The van der Waals surface area contributed by atoms with Crippen LogP contribution in [0.15, 0.2) is 60.0 Å². The van der Waals surface area contributed by atoms with Gasteiger partial charge < -0.3 is 0 Å². The minimum absolute atomic E-state index is 0.0713. The van der Waals surface area contributed by atoms with Crippen molar-refractivity contribution in [3.63, 3.8) is 0 Å². The highest BCUT2D eigenvalue weighted by Crippen LogP contribution is 2.14. The monoisotopic (exact) mass is 305 g/mol. The molecule has 0 saturated carbocycles. The molecule has 0 aliphatic rings. The first kappa shape index (κ1) is 15.4. The smallest absolute Gasteiger partial charge is 0.207 e. The Morgan fingerprint density at radius 2 is 1.67 bits per heavy atom. The molecule has 2 aromatic carbocycles. The molecule has 110 valence electrons. The minimum Gasteiger partial charge on any atom is -0.207 e. The normalized spacial score (nSPS) is 11.3. The van der Waals surface area contributed by atoms with Crippen molar-refractivity contribution in [2.75, 3.05) is 6.54 Å². The predicted molar refractivity (Wildman–Crippen MR) is 81.8 cm³/mol. The molecule has 0 fully saturated rings. The summed E-state index contributed by atoms with van der Waals surface area (Å²) < 4.78 is 39.6. The van der Waals surface area contributed by atoms with Gasteiger partial charge in [0.15, 0.2) is 0 Å². The van der Waals surface area contributed by atoms with Crippen molar-refractivity contribution in [2.24, 2.45) is 0 Å². The summed E-state index contributed by atoms with van der Waals surface area (Å²) in [7, 11) is -3.57. The highest BCUT2D eigenvalue weighted by Gasteiger charge is 2.13. The van der Waals surface area contributed by atoms with Crippen LogP contribution in [0.3, 0.4) is 0 Å². The van der Waals surface area contributed by atoms with Crippen molar-refractivity contribution in [2.45, 2.75) is 11.8 Å². The molecular weight excluding hydrogens is 289 g/mol. The first-order chi connectivity index (χ1) is 9.88. The van der Waals surface area contributed by atoms with E-state index in [9.17, 15) is 12.8 Å². The van der Waals surface area contributed by atoms with E-state index < -0.39 is 10.0 Å². The molecule has 0 atom stereocenters. The third kappa shape index (κ3) is 4.00. The molecule has 0 unspecified atom stereocenters. The average Bonchev–Trinajstić information content (AvgIpc) is 2.46. The number of rotatable bonds is 5. The highest BCUT2D eigenvalue weighted by molar-refractivity contribution is 7.89. The van der Waals surface area contributed by atoms with Gasteiger partial charge in [-0.3, -0.25) is 0 Å². The SMILES string of the molecule is C=C(CNS(=O)(=O)c1ccc(C)cc1)c1ccc(F)cc1. The Labute approximate surface area is 124 Å². The first-order valence-corrected chi connectivity index (χ1v) is 7.87. The van der Waals surface area contributed by atoms with Crippen LogP contribution in [0, 0.1) is 12.7 Å². The number of nitrogens with one attached hydrogen (secondary N) is 1. The lowest BCUT2D eigenvalue weighted by molar-refractivity contribution is 0.586. The molecule has 3 nitrogen and oxygen atoms in total. The molecular formula is C16H16FNO2S. The van der Waals surface area contributed by atoms with E-state index in [0.717, 1.165) is 5.56 Å². The topological polar surface area (TPSA) is 46.2 Å². The van der Waals surface area contributed by atoms with Gasteiger partial charge >= 0.3 is 0 Å². The van der Waals surface area contributed by atoms with Crippen molar-refractivity contribution in [1.29, 1.82) is 0 Å². The van der Waals surface area contributed by atoms with Crippen LogP contribution >= 0.6 is 0 Å². The van der Waals surface area contributed by atoms with Gasteiger partial charge in [-0.15, -0.1) is 0 Å². The summed E-state index contributed by atoms with van der Waals surface area (Å²) in [6, 6.07) is 12.4. The summed E-state index contributed by atoms with van der Waals surface area (Å²) in [6.45, 7) is 5.78. The van der Waals surface area contributed by atoms with Gasteiger partial charge in [0.2, 0.25) is 10.0 Å². The van der Waals surface area contributed by atoms with Crippen molar-refractivity contribution >= 4 is 15.6 Å². The molecule has 0 radical (unpaired) electrons. The lowest BCUT2D eigenvalue weighted by atomic mass is 10.1. The molecule has 0 aliphatic heterocycles. The Hall–Kier alpha value is -1.98. The fourth-order valence-electron chi connectivity index (χ4n) is 1.77. The summed E-state index contributed by atoms with van der Waals surface area (Å²) in [5.41, 5.74) is 2.26. The molecule has 0 spiro atoms. The van der Waals surface area contributed by atoms with Gasteiger partial charge in [0.1, 0.15) is 5.82 Å². The van der Waals surface area contributed by atoms with Crippen LogP contribution in [-0.2, 0) is 10.0 Å². The summed E-state index contributed by atoms with van der Waals surface area (Å²) in [5.74, 6) is -0.341. The van der Waals surface area contributed by atoms with Crippen LogP contribution in [0.5, 0.6) is 0 Å². The zero-order valence-electron chi connectivity index (χ0n) is 11.6. The molecule has 0 heterocycles. The second-order valence-corrected chi connectivity index (χ2v) is 6.52. The van der Waals surface area contributed by atoms with Gasteiger partial charge in [-0.05, 0) is 42.3 Å². The zero-order valence-corrected chi connectivity index (χ0v) is 12.5. The van der Waals surface area contributed by atoms with Gasteiger partial charge in [-0.1, -0.05) is 36.4 Å². The van der Waals surface area contributed by atoms with E-state index in [2.05, 4.69) is 11.3 Å². The Morgan fingerprint density at radius 3 is 2.24 bits per heavy atom. The Kier molecular flexibility index (Phi) is 4.55. The standard InChI is InChI=1S/C16H16FNO2S/c1-12-3-9-16(10-4-12)21(19,20)18-11-13(2)14-5-7-15(17)8-6-14/h3-10,18H,2,11H2,1H3. The fourth-order valence-corrected chi connectivity index (χ4v) is 2.80. The van der Waals surface area contributed by atoms with E-state index in [4.69, 9.17) is 0 Å².